The highest BCUT2D eigenvalue weighted by atomic mass is 35.5. The Balaban J connectivity index is 1.64. The summed E-state index contributed by atoms with van der Waals surface area (Å²) in [5.74, 6) is -0.323. The van der Waals surface area contributed by atoms with Gasteiger partial charge < -0.3 is 5.32 Å². The van der Waals surface area contributed by atoms with Gasteiger partial charge in [-0.15, -0.1) is 0 Å². The number of aromatic nitrogens is 2. The van der Waals surface area contributed by atoms with Crippen LogP contribution in [0.4, 0.5) is 11.4 Å². The standard InChI is InChI=1S/C19H19ClN4O3S/c1-2-28(26,27)23-17-9-7-16(8-10-17)22-19(25)15-11-21-24(13-15)12-14-5-3-4-6-18(14)20/h3-11,13,23H,2,12H2,1H3,(H,22,25). The van der Waals surface area contributed by atoms with E-state index in [0.29, 0.717) is 28.5 Å². The number of sulfonamides is 1. The van der Waals surface area contributed by atoms with Crippen LogP contribution in [0, 0.1) is 0 Å². The van der Waals surface area contributed by atoms with E-state index in [4.69, 9.17) is 11.6 Å². The van der Waals surface area contributed by atoms with Crippen LogP contribution in [0.25, 0.3) is 0 Å². The number of nitrogens with one attached hydrogen (secondary N) is 2. The van der Waals surface area contributed by atoms with Crippen LogP contribution >= 0.6 is 11.6 Å². The van der Waals surface area contributed by atoms with E-state index in [9.17, 15) is 13.2 Å². The molecular weight excluding hydrogens is 400 g/mol. The van der Waals surface area contributed by atoms with Gasteiger partial charge in [-0.2, -0.15) is 5.10 Å². The van der Waals surface area contributed by atoms with Gasteiger partial charge >= 0.3 is 0 Å². The number of halogens is 1. The van der Waals surface area contributed by atoms with E-state index in [-0.39, 0.29) is 11.7 Å². The lowest BCUT2D eigenvalue weighted by Gasteiger charge is -2.08. The third kappa shape index (κ3) is 5.11. The highest BCUT2D eigenvalue weighted by molar-refractivity contribution is 7.92. The summed E-state index contributed by atoms with van der Waals surface area (Å²) in [5, 5.41) is 7.60. The van der Waals surface area contributed by atoms with Crippen LogP contribution in [0.5, 0.6) is 0 Å². The molecule has 7 nitrogen and oxygen atoms in total. The molecule has 1 amide bonds. The molecule has 146 valence electrons. The molecule has 1 aromatic heterocycles. The Labute approximate surface area is 168 Å². The first-order valence-electron chi connectivity index (χ1n) is 8.54. The Bertz CT molecular complexity index is 1080. The molecule has 0 saturated carbocycles. The second kappa shape index (κ2) is 8.45. The van der Waals surface area contributed by atoms with Crippen molar-refractivity contribution >= 4 is 38.9 Å². The van der Waals surface area contributed by atoms with Crippen molar-refractivity contribution in [3.63, 3.8) is 0 Å². The quantitative estimate of drug-likeness (QED) is 0.613. The summed E-state index contributed by atoms with van der Waals surface area (Å²) in [6.45, 7) is 2.02. The van der Waals surface area contributed by atoms with Crippen LogP contribution in [0.15, 0.2) is 60.9 Å². The molecule has 0 aliphatic rings. The number of carbonyl (C=O) groups is 1. The van der Waals surface area contributed by atoms with Crippen LogP contribution in [-0.4, -0.2) is 29.9 Å². The molecule has 0 unspecified atom stereocenters. The molecule has 9 heteroatoms. The summed E-state index contributed by atoms with van der Waals surface area (Å²) in [6, 6.07) is 13.9. The summed E-state index contributed by atoms with van der Waals surface area (Å²) in [5.41, 5.74) is 2.29. The lowest BCUT2D eigenvalue weighted by Crippen LogP contribution is -2.15. The van der Waals surface area contributed by atoms with Gasteiger partial charge in [0.05, 0.1) is 24.1 Å². The average Bonchev–Trinajstić information content (AvgIpc) is 3.14. The molecule has 0 spiro atoms. The number of hydrogen-bond acceptors (Lipinski definition) is 4. The van der Waals surface area contributed by atoms with Gasteiger partial charge in [-0.05, 0) is 42.8 Å². The van der Waals surface area contributed by atoms with Gasteiger partial charge in [-0.3, -0.25) is 14.2 Å². The van der Waals surface area contributed by atoms with Crippen molar-refractivity contribution in [3.05, 3.63) is 77.1 Å². The van der Waals surface area contributed by atoms with Crippen molar-refractivity contribution in [1.82, 2.24) is 9.78 Å². The third-order valence-electron chi connectivity index (χ3n) is 3.98. The van der Waals surface area contributed by atoms with Gasteiger partial charge in [-0.1, -0.05) is 29.8 Å². The minimum atomic E-state index is -3.34. The number of benzene rings is 2. The van der Waals surface area contributed by atoms with Gasteiger partial charge in [0, 0.05) is 22.6 Å². The Kier molecular flexibility index (Phi) is 6.01. The first kappa shape index (κ1) is 19.9. The van der Waals surface area contributed by atoms with Crippen molar-refractivity contribution in [1.29, 1.82) is 0 Å². The SMILES string of the molecule is CCS(=O)(=O)Nc1ccc(NC(=O)c2cnn(Cc3ccccc3Cl)c2)cc1. The van der Waals surface area contributed by atoms with Crippen molar-refractivity contribution in [2.75, 3.05) is 15.8 Å². The Morgan fingerprint density at radius 3 is 2.46 bits per heavy atom. The van der Waals surface area contributed by atoms with E-state index in [1.807, 2.05) is 18.2 Å². The van der Waals surface area contributed by atoms with Gasteiger partial charge in [0.2, 0.25) is 10.0 Å². The first-order valence-corrected chi connectivity index (χ1v) is 10.6. The maximum atomic E-state index is 12.4. The van der Waals surface area contributed by atoms with Gasteiger partial charge in [0.1, 0.15) is 0 Å². The summed E-state index contributed by atoms with van der Waals surface area (Å²) in [4.78, 5) is 12.4. The molecule has 0 bridgehead atoms. The zero-order valence-electron chi connectivity index (χ0n) is 15.1. The molecular formula is C19H19ClN4O3S. The maximum Gasteiger partial charge on any atom is 0.258 e. The Hall–Kier alpha value is -2.84. The maximum absolute atomic E-state index is 12.4. The molecule has 0 saturated heterocycles. The van der Waals surface area contributed by atoms with E-state index < -0.39 is 10.0 Å². The smallest absolute Gasteiger partial charge is 0.258 e. The summed E-state index contributed by atoms with van der Waals surface area (Å²) in [6.07, 6.45) is 3.12. The molecule has 0 atom stereocenters. The molecule has 3 rings (SSSR count). The number of carbonyl (C=O) groups excluding carboxylic acids is 1. The van der Waals surface area contributed by atoms with Crippen molar-refractivity contribution in [2.45, 2.75) is 13.5 Å². The van der Waals surface area contributed by atoms with Crippen LogP contribution in [0.1, 0.15) is 22.8 Å². The molecule has 0 aliphatic carbocycles. The van der Waals surface area contributed by atoms with Crippen molar-refractivity contribution in [2.24, 2.45) is 0 Å². The third-order valence-corrected chi connectivity index (χ3v) is 5.66. The van der Waals surface area contributed by atoms with E-state index in [2.05, 4.69) is 15.1 Å². The number of amides is 1. The number of anilines is 2. The highest BCUT2D eigenvalue weighted by Crippen LogP contribution is 2.17. The van der Waals surface area contributed by atoms with Gasteiger partial charge in [0.25, 0.3) is 5.91 Å². The largest absolute Gasteiger partial charge is 0.322 e. The predicted octanol–water partition coefficient (Wildman–Crippen LogP) is 3.60. The molecule has 1 heterocycles. The zero-order valence-corrected chi connectivity index (χ0v) is 16.7. The molecule has 2 aromatic carbocycles. The topological polar surface area (TPSA) is 93.1 Å². The fraction of sp³-hybridized carbons (Fsp3) is 0.158. The number of nitrogens with zero attached hydrogens (tertiary/aromatic N) is 2. The predicted molar refractivity (Wildman–Crippen MR) is 110 cm³/mol. The second-order valence-electron chi connectivity index (χ2n) is 6.05. The van der Waals surface area contributed by atoms with E-state index in [1.165, 1.54) is 6.20 Å². The van der Waals surface area contributed by atoms with Crippen LogP contribution in [0.2, 0.25) is 5.02 Å². The van der Waals surface area contributed by atoms with E-state index >= 15 is 0 Å². The van der Waals surface area contributed by atoms with E-state index in [1.54, 1.807) is 48.1 Å². The highest BCUT2D eigenvalue weighted by Gasteiger charge is 2.11. The first-order chi connectivity index (χ1) is 13.4. The minimum absolute atomic E-state index is 0.0102. The van der Waals surface area contributed by atoms with Gasteiger partial charge in [-0.25, -0.2) is 8.42 Å². The summed E-state index contributed by atoms with van der Waals surface area (Å²) >= 11 is 6.15. The monoisotopic (exact) mass is 418 g/mol. The van der Waals surface area contributed by atoms with Crippen LogP contribution < -0.4 is 10.0 Å². The van der Waals surface area contributed by atoms with Crippen LogP contribution in [0.3, 0.4) is 0 Å². The fourth-order valence-electron chi connectivity index (χ4n) is 2.45. The lowest BCUT2D eigenvalue weighted by atomic mass is 10.2. The van der Waals surface area contributed by atoms with Gasteiger partial charge in [0.15, 0.2) is 0 Å². The molecule has 2 N–H and O–H groups in total. The van der Waals surface area contributed by atoms with Crippen molar-refractivity contribution < 1.29 is 13.2 Å². The molecule has 28 heavy (non-hydrogen) atoms. The average molecular weight is 419 g/mol. The lowest BCUT2D eigenvalue weighted by molar-refractivity contribution is 0.102. The second-order valence-corrected chi connectivity index (χ2v) is 8.47. The summed E-state index contributed by atoms with van der Waals surface area (Å²) in [7, 11) is -3.34. The Morgan fingerprint density at radius 1 is 1.11 bits per heavy atom. The number of hydrogen-bond donors (Lipinski definition) is 2. The summed E-state index contributed by atoms with van der Waals surface area (Å²) < 4.78 is 27.2. The molecule has 3 aromatic rings. The fourth-order valence-corrected chi connectivity index (χ4v) is 3.28. The molecule has 0 fully saturated rings. The van der Waals surface area contributed by atoms with E-state index in [0.717, 1.165) is 5.56 Å². The van der Waals surface area contributed by atoms with Crippen molar-refractivity contribution in [3.8, 4) is 0 Å². The Morgan fingerprint density at radius 2 is 1.79 bits per heavy atom. The molecule has 0 aliphatic heterocycles. The number of rotatable bonds is 7. The molecule has 0 radical (unpaired) electrons. The minimum Gasteiger partial charge on any atom is -0.322 e. The zero-order chi connectivity index (χ0) is 20.1. The normalized spacial score (nSPS) is 11.2. The van der Waals surface area contributed by atoms with Crippen LogP contribution in [-0.2, 0) is 16.6 Å².